The van der Waals surface area contributed by atoms with E-state index in [9.17, 15) is 12.8 Å². The van der Waals surface area contributed by atoms with Crippen LogP contribution in [0.1, 0.15) is 5.56 Å². The van der Waals surface area contributed by atoms with Crippen molar-refractivity contribution in [2.75, 3.05) is 12.8 Å². The molecule has 1 heterocycles. The van der Waals surface area contributed by atoms with Crippen LogP contribution in [-0.4, -0.2) is 24.8 Å². The van der Waals surface area contributed by atoms with Gasteiger partial charge in [0, 0.05) is 26.0 Å². The van der Waals surface area contributed by atoms with Crippen molar-refractivity contribution < 1.29 is 12.8 Å². The second kappa shape index (κ2) is 5.56. The minimum atomic E-state index is -3.76. The Bertz CT molecular complexity index is 705. The van der Waals surface area contributed by atoms with Crippen LogP contribution in [0.4, 0.5) is 10.1 Å². The second-order valence-corrected chi connectivity index (χ2v) is 6.34. The predicted molar refractivity (Wildman–Crippen MR) is 73.7 cm³/mol. The van der Waals surface area contributed by atoms with Crippen LogP contribution in [0.5, 0.6) is 0 Å². The molecule has 106 valence electrons. The molecule has 2 aromatic rings. The van der Waals surface area contributed by atoms with Gasteiger partial charge in [0.05, 0.1) is 10.6 Å². The quantitative estimate of drug-likeness (QED) is 0.870. The number of hydrogen-bond donors (Lipinski definition) is 1. The smallest absolute Gasteiger partial charge is 0.243 e. The topological polar surface area (TPSA) is 76.3 Å². The van der Waals surface area contributed by atoms with Gasteiger partial charge in [-0.3, -0.25) is 4.98 Å². The molecule has 5 nitrogen and oxygen atoms in total. The van der Waals surface area contributed by atoms with Crippen LogP contribution < -0.4 is 5.73 Å². The summed E-state index contributed by atoms with van der Waals surface area (Å²) in [6.07, 6.45) is 3.16. The molecule has 0 fully saturated rings. The SMILES string of the molecule is CN(Cc1ccncc1)S(=O)(=O)c1ccc(N)c(F)c1. The van der Waals surface area contributed by atoms with E-state index >= 15 is 0 Å². The number of pyridine rings is 1. The lowest BCUT2D eigenvalue weighted by Crippen LogP contribution is -2.26. The number of nitrogens with zero attached hydrogens (tertiary/aromatic N) is 2. The number of anilines is 1. The Kier molecular flexibility index (Phi) is 4.01. The molecule has 0 saturated carbocycles. The fraction of sp³-hybridized carbons (Fsp3) is 0.154. The van der Waals surface area contributed by atoms with Crippen LogP contribution >= 0.6 is 0 Å². The molecule has 0 aliphatic rings. The molecule has 7 heteroatoms. The molecule has 0 radical (unpaired) electrons. The molecule has 0 aliphatic carbocycles. The lowest BCUT2D eigenvalue weighted by atomic mass is 10.3. The number of benzene rings is 1. The first-order valence-corrected chi connectivity index (χ1v) is 7.25. The highest BCUT2D eigenvalue weighted by Gasteiger charge is 2.21. The number of nitrogen functional groups attached to an aromatic ring is 1. The Labute approximate surface area is 116 Å². The van der Waals surface area contributed by atoms with Gasteiger partial charge < -0.3 is 5.73 Å². The Balaban J connectivity index is 2.27. The van der Waals surface area contributed by atoms with Crippen LogP contribution in [0.25, 0.3) is 0 Å². The van der Waals surface area contributed by atoms with E-state index in [-0.39, 0.29) is 17.1 Å². The zero-order valence-electron chi connectivity index (χ0n) is 10.8. The van der Waals surface area contributed by atoms with Gasteiger partial charge in [0.25, 0.3) is 0 Å². The third kappa shape index (κ3) is 2.94. The highest BCUT2D eigenvalue weighted by atomic mass is 32.2. The molecule has 2 N–H and O–H groups in total. The van der Waals surface area contributed by atoms with Crippen molar-refractivity contribution in [3.05, 3.63) is 54.1 Å². The van der Waals surface area contributed by atoms with Crippen molar-refractivity contribution in [1.82, 2.24) is 9.29 Å². The summed E-state index contributed by atoms with van der Waals surface area (Å²) < 4.78 is 39.1. The van der Waals surface area contributed by atoms with Gasteiger partial charge in [0.2, 0.25) is 10.0 Å². The number of halogens is 1. The first-order valence-electron chi connectivity index (χ1n) is 5.81. The van der Waals surface area contributed by atoms with E-state index in [1.807, 2.05) is 0 Å². The van der Waals surface area contributed by atoms with E-state index in [2.05, 4.69) is 4.98 Å². The third-order valence-electron chi connectivity index (χ3n) is 2.83. The summed E-state index contributed by atoms with van der Waals surface area (Å²) in [5.41, 5.74) is 6.05. The molecule has 0 spiro atoms. The van der Waals surface area contributed by atoms with Crippen molar-refractivity contribution in [1.29, 1.82) is 0 Å². The summed E-state index contributed by atoms with van der Waals surface area (Å²) in [6, 6.07) is 6.89. The minimum absolute atomic E-state index is 0.0827. The highest BCUT2D eigenvalue weighted by molar-refractivity contribution is 7.89. The Hall–Kier alpha value is -1.99. The molecular formula is C13H14FN3O2S. The molecule has 20 heavy (non-hydrogen) atoms. The average molecular weight is 295 g/mol. The first kappa shape index (κ1) is 14.4. The third-order valence-corrected chi connectivity index (χ3v) is 4.63. The van der Waals surface area contributed by atoms with Gasteiger partial charge in [-0.2, -0.15) is 4.31 Å². The van der Waals surface area contributed by atoms with Gasteiger partial charge in [-0.1, -0.05) is 0 Å². The van der Waals surface area contributed by atoms with E-state index in [0.29, 0.717) is 0 Å². The number of hydrogen-bond acceptors (Lipinski definition) is 4. The Morgan fingerprint density at radius 3 is 2.50 bits per heavy atom. The lowest BCUT2D eigenvalue weighted by molar-refractivity contribution is 0.466. The van der Waals surface area contributed by atoms with E-state index in [1.165, 1.54) is 19.2 Å². The molecule has 0 amide bonds. The van der Waals surface area contributed by atoms with Gasteiger partial charge in [-0.15, -0.1) is 0 Å². The minimum Gasteiger partial charge on any atom is -0.396 e. The van der Waals surface area contributed by atoms with Gasteiger partial charge in [-0.25, -0.2) is 12.8 Å². The Morgan fingerprint density at radius 2 is 1.90 bits per heavy atom. The van der Waals surface area contributed by atoms with Crippen molar-refractivity contribution in [2.45, 2.75) is 11.4 Å². The molecule has 1 aromatic carbocycles. The van der Waals surface area contributed by atoms with E-state index in [4.69, 9.17) is 5.73 Å². The number of aromatic nitrogens is 1. The first-order chi connectivity index (χ1) is 9.41. The van der Waals surface area contributed by atoms with Crippen LogP contribution in [0, 0.1) is 5.82 Å². The van der Waals surface area contributed by atoms with Crippen molar-refractivity contribution in [3.63, 3.8) is 0 Å². The Morgan fingerprint density at radius 1 is 1.25 bits per heavy atom. The summed E-state index contributed by atoms with van der Waals surface area (Å²) in [5, 5.41) is 0. The highest BCUT2D eigenvalue weighted by Crippen LogP contribution is 2.20. The summed E-state index contributed by atoms with van der Waals surface area (Å²) >= 11 is 0. The van der Waals surface area contributed by atoms with E-state index in [0.717, 1.165) is 15.9 Å². The maximum atomic E-state index is 13.4. The van der Waals surface area contributed by atoms with Gasteiger partial charge in [-0.05, 0) is 35.9 Å². The van der Waals surface area contributed by atoms with Gasteiger partial charge in [0.1, 0.15) is 5.82 Å². The zero-order valence-corrected chi connectivity index (χ0v) is 11.6. The van der Waals surface area contributed by atoms with Crippen LogP contribution in [-0.2, 0) is 16.6 Å². The molecule has 0 aliphatic heterocycles. The molecular weight excluding hydrogens is 281 g/mol. The monoisotopic (exact) mass is 295 g/mol. The summed E-state index contributed by atoms with van der Waals surface area (Å²) in [7, 11) is -2.32. The summed E-state index contributed by atoms with van der Waals surface area (Å²) in [4.78, 5) is 3.74. The largest absolute Gasteiger partial charge is 0.396 e. The van der Waals surface area contributed by atoms with Crippen molar-refractivity contribution >= 4 is 15.7 Å². The van der Waals surface area contributed by atoms with Crippen molar-refractivity contribution in [2.24, 2.45) is 0 Å². The molecule has 0 saturated heterocycles. The molecule has 2 rings (SSSR count). The fourth-order valence-electron chi connectivity index (χ4n) is 1.68. The van der Waals surface area contributed by atoms with Crippen molar-refractivity contribution in [3.8, 4) is 0 Å². The second-order valence-electron chi connectivity index (χ2n) is 4.30. The van der Waals surface area contributed by atoms with Gasteiger partial charge in [0.15, 0.2) is 0 Å². The normalized spacial score (nSPS) is 11.8. The van der Waals surface area contributed by atoms with E-state index in [1.54, 1.807) is 24.5 Å². The molecule has 0 bridgehead atoms. The van der Waals surface area contributed by atoms with Crippen LogP contribution in [0.2, 0.25) is 0 Å². The number of nitrogens with two attached hydrogens (primary N) is 1. The number of rotatable bonds is 4. The lowest BCUT2D eigenvalue weighted by Gasteiger charge is -2.17. The van der Waals surface area contributed by atoms with Gasteiger partial charge >= 0.3 is 0 Å². The fourth-order valence-corrected chi connectivity index (χ4v) is 2.85. The zero-order chi connectivity index (χ0) is 14.8. The average Bonchev–Trinajstić information content (AvgIpc) is 2.42. The maximum absolute atomic E-state index is 13.4. The predicted octanol–water partition coefficient (Wildman–Crippen LogP) is 1.62. The maximum Gasteiger partial charge on any atom is 0.243 e. The van der Waals surface area contributed by atoms with E-state index < -0.39 is 15.8 Å². The molecule has 1 aromatic heterocycles. The number of sulfonamides is 1. The van der Waals surface area contributed by atoms with Crippen LogP contribution in [0.3, 0.4) is 0 Å². The molecule has 0 atom stereocenters. The standard InChI is InChI=1S/C13H14FN3O2S/c1-17(9-10-4-6-16-7-5-10)20(18,19)11-2-3-13(15)12(14)8-11/h2-8H,9,15H2,1H3. The summed E-state index contributed by atoms with van der Waals surface area (Å²) in [5.74, 6) is -0.747. The summed E-state index contributed by atoms with van der Waals surface area (Å²) in [6.45, 7) is 0.177. The van der Waals surface area contributed by atoms with Crippen LogP contribution in [0.15, 0.2) is 47.6 Å². The molecule has 0 unspecified atom stereocenters.